The van der Waals surface area contributed by atoms with E-state index in [4.69, 9.17) is 4.98 Å². The number of rotatable bonds is 9. The Bertz CT molecular complexity index is 408. The lowest BCUT2D eigenvalue weighted by Crippen LogP contribution is -2.25. The summed E-state index contributed by atoms with van der Waals surface area (Å²) < 4.78 is 0. The molecule has 2 rings (SSSR count). The number of hydrogen-bond donors (Lipinski definition) is 1. The van der Waals surface area contributed by atoms with Crippen molar-refractivity contribution in [2.75, 3.05) is 24.5 Å². The molecule has 0 aliphatic heterocycles. The van der Waals surface area contributed by atoms with E-state index in [0.717, 1.165) is 19.6 Å². The van der Waals surface area contributed by atoms with Gasteiger partial charge in [0.2, 0.25) is 0 Å². The van der Waals surface area contributed by atoms with Crippen LogP contribution in [-0.2, 0) is 6.42 Å². The van der Waals surface area contributed by atoms with Crippen molar-refractivity contribution in [3.05, 3.63) is 10.6 Å². The van der Waals surface area contributed by atoms with Gasteiger partial charge >= 0.3 is 0 Å². The number of anilines is 1. The lowest BCUT2D eigenvalue weighted by atomic mass is 9.98. The highest BCUT2D eigenvalue weighted by atomic mass is 32.1. The molecular weight excluding hydrogens is 278 g/mol. The fraction of sp³-hybridized carbons (Fsp3) is 0.824. The molecule has 0 amide bonds. The Hall–Kier alpha value is -0.610. The highest BCUT2D eigenvalue weighted by Crippen LogP contribution is 2.37. The Kier molecular flexibility index (Phi) is 6.97. The minimum atomic E-state index is 0.546. The summed E-state index contributed by atoms with van der Waals surface area (Å²) in [6.07, 6.45) is 8.77. The van der Waals surface area contributed by atoms with Crippen LogP contribution in [0, 0.1) is 0 Å². The molecule has 0 radical (unpaired) electrons. The smallest absolute Gasteiger partial charge is 0.185 e. The van der Waals surface area contributed by atoms with Gasteiger partial charge in [-0.2, -0.15) is 0 Å². The van der Waals surface area contributed by atoms with Crippen LogP contribution in [0.25, 0.3) is 0 Å². The van der Waals surface area contributed by atoms with E-state index in [2.05, 4.69) is 31.0 Å². The molecule has 0 bridgehead atoms. The van der Waals surface area contributed by atoms with Crippen LogP contribution in [-0.4, -0.2) is 24.6 Å². The maximum absolute atomic E-state index is 4.99. The van der Waals surface area contributed by atoms with Crippen molar-refractivity contribution in [3.63, 3.8) is 0 Å². The van der Waals surface area contributed by atoms with E-state index in [1.165, 1.54) is 60.6 Å². The summed E-state index contributed by atoms with van der Waals surface area (Å²) in [5.41, 5.74) is 1.37. The van der Waals surface area contributed by atoms with Crippen LogP contribution >= 0.6 is 11.3 Å². The Balaban J connectivity index is 2.13. The molecule has 1 unspecified atom stereocenters. The zero-order chi connectivity index (χ0) is 15.1. The van der Waals surface area contributed by atoms with E-state index in [1.54, 1.807) is 0 Å². The van der Waals surface area contributed by atoms with Gasteiger partial charge in [0.1, 0.15) is 0 Å². The van der Waals surface area contributed by atoms with Crippen molar-refractivity contribution in [3.8, 4) is 0 Å². The number of unbranched alkanes of at least 4 members (excludes halogenated alkanes) is 2. The normalized spacial score (nSPS) is 17.8. The average molecular weight is 310 g/mol. The molecule has 3 nitrogen and oxygen atoms in total. The Morgan fingerprint density at radius 2 is 1.90 bits per heavy atom. The highest BCUT2D eigenvalue weighted by molar-refractivity contribution is 7.15. The van der Waals surface area contributed by atoms with Gasteiger partial charge in [0.05, 0.1) is 5.69 Å². The molecule has 1 atom stereocenters. The van der Waals surface area contributed by atoms with Crippen molar-refractivity contribution in [1.29, 1.82) is 0 Å². The lowest BCUT2D eigenvalue weighted by molar-refractivity contribution is 0.476. The van der Waals surface area contributed by atoms with E-state index in [0.29, 0.717) is 6.04 Å². The van der Waals surface area contributed by atoms with E-state index in [-0.39, 0.29) is 0 Å². The molecule has 0 fully saturated rings. The summed E-state index contributed by atoms with van der Waals surface area (Å²) in [6.45, 7) is 10.1. The first kappa shape index (κ1) is 16.8. The molecule has 120 valence electrons. The Morgan fingerprint density at radius 1 is 1.19 bits per heavy atom. The number of nitrogens with one attached hydrogen (secondary N) is 1. The van der Waals surface area contributed by atoms with Gasteiger partial charge in [-0.05, 0) is 38.6 Å². The number of aryl methyl sites for hydroxylation is 1. The minimum Gasteiger partial charge on any atom is -0.348 e. The topological polar surface area (TPSA) is 28.2 Å². The summed E-state index contributed by atoms with van der Waals surface area (Å²) in [6, 6.07) is 0.546. The molecule has 21 heavy (non-hydrogen) atoms. The molecule has 1 aromatic heterocycles. The summed E-state index contributed by atoms with van der Waals surface area (Å²) in [7, 11) is 0. The Morgan fingerprint density at radius 3 is 2.52 bits per heavy atom. The second kappa shape index (κ2) is 8.74. The number of thiazole rings is 1. The largest absolute Gasteiger partial charge is 0.348 e. The number of hydrogen-bond acceptors (Lipinski definition) is 4. The molecule has 1 aromatic rings. The van der Waals surface area contributed by atoms with Crippen molar-refractivity contribution in [2.24, 2.45) is 0 Å². The average Bonchev–Trinajstić information content (AvgIpc) is 2.93. The van der Waals surface area contributed by atoms with E-state index in [9.17, 15) is 0 Å². The third kappa shape index (κ3) is 4.43. The van der Waals surface area contributed by atoms with Gasteiger partial charge in [-0.3, -0.25) is 0 Å². The first-order valence-electron chi connectivity index (χ1n) is 8.78. The summed E-state index contributed by atoms with van der Waals surface area (Å²) in [5.74, 6) is 0. The minimum absolute atomic E-state index is 0.546. The zero-order valence-corrected chi connectivity index (χ0v) is 14.8. The van der Waals surface area contributed by atoms with Crippen molar-refractivity contribution in [2.45, 2.75) is 71.8 Å². The summed E-state index contributed by atoms with van der Waals surface area (Å²) in [4.78, 5) is 9.03. The Labute approximate surface area is 134 Å². The number of aromatic nitrogens is 1. The first-order chi connectivity index (χ1) is 10.3. The summed E-state index contributed by atoms with van der Waals surface area (Å²) >= 11 is 1.94. The monoisotopic (exact) mass is 309 g/mol. The molecule has 4 heteroatoms. The van der Waals surface area contributed by atoms with Crippen LogP contribution < -0.4 is 10.2 Å². The molecular formula is C17H31N3S. The molecule has 1 heterocycles. The van der Waals surface area contributed by atoms with Crippen LogP contribution in [0.1, 0.15) is 75.9 Å². The quantitative estimate of drug-likeness (QED) is 0.726. The van der Waals surface area contributed by atoms with E-state index >= 15 is 0 Å². The van der Waals surface area contributed by atoms with Crippen LogP contribution in [0.4, 0.5) is 5.13 Å². The maximum Gasteiger partial charge on any atom is 0.185 e. The van der Waals surface area contributed by atoms with Gasteiger partial charge in [0.25, 0.3) is 0 Å². The van der Waals surface area contributed by atoms with Crippen molar-refractivity contribution >= 4 is 16.5 Å². The fourth-order valence-electron chi connectivity index (χ4n) is 2.98. The predicted octanol–water partition coefficient (Wildman–Crippen LogP) is 4.54. The van der Waals surface area contributed by atoms with Crippen molar-refractivity contribution in [1.82, 2.24) is 10.3 Å². The van der Waals surface area contributed by atoms with Gasteiger partial charge in [-0.15, -0.1) is 0 Å². The fourth-order valence-corrected chi connectivity index (χ4v) is 4.26. The maximum atomic E-state index is 4.99. The summed E-state index contributed by atoms with van der Waals surface area (Å²) in [5, 5.41) is 4.90. The van der Waals surface area contributed by atoms with E-state index < -0.39 is 0 Å². The molecule has 0 spiro atoms. The van der Waals surface area contributed by atoms with Gasteiger partial charge in [0, 0.05) is 24.0 Å². The molecule has 1 aliphatic carbocycles. The SMILES string of the molecule is CCCCN(CCCC)c1nc2c(s1)C(NCC)CCC2. The van der Waals surface area contributed by atoms with Crippen LogP contribution in [0.15, 0.2) is 0 Å². The molecule has 0 saturated carbocycles. The number of fused-ring (bicyclic) bond motifs is 1. The predicted molar refractivity (Wildman–Crippen MR) is 93.5 cm³/mol. The molecule has 1 aliphatic rings. The van der Waals surface area contributed by atoms with Gasteiger partial charge in [-0.25, -0.2) is 4.98 Å². The number of nitrogens with zero attached hydrogens (tertiary/aromatic N) is 2. The van der Waals surface area contributed by atoms with Crippen LogP contribution in [0.3, 0.4) is 0 Å². The second-order valence-corrected chi connectivity index (χ2v) is 7.01. The standard InChI is InChI=1S/C17H31N3S/c1-4-7-12-20(13-8-5-2)17-19-15-11-9-10-14(18-6-3)16(15)21-17/h14,18H,4-13H2,1-3H3. The molecule has 1 N–H and O–H groups in total. The van der Waals surface area contributed by atoms with Crippen LogP contribution in [0.5, 0.6) is 0 Å². The molecule has 0 saturated heterocycles. The lowest BCUT2D eigenvalue weighted by Gasteiger charge is -2.22. The molecule has 0 aromatic carbocycles. The zero-order valence-electron chi connectivity index (χ0n) is 14.0. The first-order valence-corrected chi connectivity index (χ1v) is 9.59. The van der Waals surface area contributed by atoms with Crippen molar-refractivity contribution < 1.29 is 0 Å². The second-order valence-electron chi connectivity index (χ2n) is 6.00. The third-order valence-corrected chi connectivity index (χ3v) is 5.50. The van der Waals surface area contributed by atoms with Gasteiger partial charge in [-0.1, -0.05) is 44.9 Å². The van der Waals surface area contributed by atoms with E-state index in [1.807, 2.05) is 11.3 Å². The van der Waals surface area contributed by atoms with Crippen LogP contribution in [0.2, 0.25) is 0 Å². The third-order valence-electron chi connectivity index (χ3n) is 4.22. The van der Waals surface area contributed by atoms with Gasteiger partial charge in [0.15, 0.2) is 5.13 Å². The van der Waals surface area contributed by atoms with Gasteiger partial charge < -0.3 is 10.2 Å². The highest BCUT2D eigenvalue weighted by Gasteiger charge is 2.25.